The van der Waals surface area contributed by atoms with Crippen molar-refractivity contribution in [1.29, 1.82) is 0 Å². The van der Waals surface area contributed by atoms with Gasteiger partial charge in [0.15, 0.2) is 11.6 Å². The maximum atomic E-state index is 13.3. The summed E-state index contributed by atoms with van der Waals surface area (Å²) in [4.78, 5) is 4.26. The van der Waals surface area contributed by atoms with Crippen LogP contribution in [0.3, 0.4) is 0 Å². The lowest BCUT2D eigenvalue weighted by atomic mass is 10.2. The Morgan fingerprint density at radius 1 is 1.50 bits per heavy atom. The zero-order chi connectivity index (χ0) is 14.1. The lowest BCUT2D eigenvalue weighted by molar-refractivity contribution is 0.116. The number of nitrogens with zero attached hydrogens (tertiary/aromatic N) is 2. The molecule has 1 aliphatic rings. The molecule has 1 saturated heterocycles. The average Bonchev–Trinajstić information content (AvgIpc) is 3.09. The predicted octanol–water partition coefficient (Wildman–Crippen LogP) is 1.63. The molecule has 0 radical (unpaired) electrons. The first-order chi connectivity index (χ1) is 9.67. The Balaban J connectivity index is 1.81. The van der Waals surface area contributed by atoms with Gasteiger partial charge in [-0.3, -0.25) is 0 Å². The highest BCUT2D eigenvalue weighted by Crippen LogP contribution is 2.27. The number of nitrogens with one attached hydrogen (secondary N) is 1. The molecule has 6 nitrogen and oxygen atoms in total. The van der Waals surface area contributed by atoms with Crippen molar-refractivity contribution in [3.8, 4) is 17.1 Å². The highest BCUT2D eigenvalue weighted by Gasteiger charge is 2.29. The van der Waals surface area contributed by atoms with Gasteiger partial charge in [-0.25, -0.2) is 4.39 Å². The topological polar surface area (TPSA) is 80.4 Å². The molecule has 0 amide bonds. The summed E-state index contributed by atoms with van der Waals surface area (Å²) in [7, 11) is 1.66. The molecule has 2 unspecified atom stereocenters. The van der Waals surface area contributed by atoms with E-state index in [1.54, 1.807) is 7.11 Å². The monoisotopic (exact) mass is 279 g/mol. The second-order valence-corrected chi connectivity index (χ2v) is 4.68. The van der Waals surface area contributed by atoms with E-state index in [0.717, 1.165) is 13.0 Å². The van der Waals surface area contributed by atoms with Crippen molar-refractivity contribution < 1.29 is 18.8 Å². The Morgan fingerprint density at radius 2 is 2.35 bits per heavy atom. The van der Waals surface area contributed by atoms with Crippen LogP contribution in [0.5, 0.6) is 5.75 Å². The largest absolute Gasteiger partial charge is 0.505 e. The highest BCUT2D eigenvalue weighted by molar-refractivity contribution is 5.55. The first kappa shape index (κ1) is 13.0. The number of ether oxygens (including phenoxy) is 1. The van der Waals surface area contributed by atoms with Gasteiger partial charge in [0.1, 0.15) is 0 Å². The Hall–Kier alpha value is -1.99. The average molecular weight is 279 g/mol. The van der Waals surface area contributed by atoms with Gasteiger partial charge in [-0.15, -0.1) is 0 Å². The zero-order valence-corrected chi connectivity index (χ0v) is 10.8. The third-order valence-corrected chi connectivity index (χ3v) is 3.37. The van der Waals surface area contributed by atoms with Gasteiger partial charge in [0.2, 0.25) is 11.7 Å². The molecular formula is C13H14FN3O3. The van der Waals surface area contributed by atoms with E-state index < -0.39 is 11.6 Å². The van der Waals surface area contributed by atoms with Crippen molar-refractivity contribution in [2.75, 3.05) is 13.7 Å². The molecule has 7 heteroatoms. The highest BCUT2D eigenvalue weighted by atomic mass is 19.1. The molecule has 2 N–H and O–H groups in total. The van der Waals surface area contributed by atoms with Crippen LogP contribution in [0.4, 0.5) is 4.39 Å². The SMILES string of the molecule is COC1CNC(c2nc(-c3ccc(O)c(F)c3)no2)C1. The van der Waals surface area contributed by atoms with Gasteiger partial charge in [0, 0.05) is 19.2 Å². The van der Waals surface area contributed by atoms with Crippen molar-refractivity contribution in [2.45, 2.75) is 18.6 Å². The van der Waals surface area contributed by atoms with E-state index >= 15 is 0 Å². The summed E-state index contributed by atoms with van der Waals surface area (Å²) in [5, 5.41) is 16.2. The van der Waals surface area contributed by atoms with Crippen LogP contribution in [-0.2, 0) is 4.74 Å². The van der Waals surface area contributed by atoms with E-state index in [1.165, 1.54) is 18.2 Å². The maximum Gasteiger partial charge on any atom is 0.244 e. The molecule has 2 atom stereocenters. The van der Waals surface area contributed by atoms with Crippen LogP contribution >= 0.6 is 0 Å². The summed E-state index contributed by atoms with van der Waals surface area (Å²) < 4.78 is 23.8. The molecular weight excluding hydrogens is 265 g/mol. The number of aromatic nitrogens is 2. The predicted molar refractivity (Wildman–Crippen MR) is 67.5 cm³/mol. The van der Waals surface area contributed by atoms with E-state index in [9.17, 15) is 4.39 Å². The van der Waals surface area contributed by atoms with Crippen LogP contribution in [-0.4, -0.2) is 35.0 Å². The molecule has 0 bridgehead atoms. The van der Waals surface area contributed by atoms with Crippen LogP contribution < -0.4 is 5.32 Å². The third-order valence-electron chi connectivity index (χ3n) is 3.37. The Bertz CT molecular complexity index is 617. The summed E-state index contributed by atoms with van der Waals surface area (Å²) in [5.41, 5.74) is 0.455. The fraction of sp³-hybridized carbons (Fsp3) is 0.385. The second-order valence-electron chi connectivity index (χ2n) is 4.68. The van der Waals surface area contributed by atoms with E-state index in [4.69, 9.17) is 14.4 Å². The van der Waals surface area contributed by atoms with E-state index in [-0.39, 0.29) is 12.1 Å². The first-order valence-electron chi connectivity index (χ1n) is 6.26. The van der Waals surface area contributed by atoms with Crippen LogP contribution in [0, 0.1) is 5.82 Å². The van der Waals surface area contributed by atoms with Crippen LogP contribution in [0.2, 0.25) is 0 Å². The van der Waals surface area contributed by atoms with Crippen molar-refractivity contribution in [2.24, 2.45) is 0 Å². The number of hydrogen-bond donors (Lipinski definition) is 2. The van der Waals surface area contributed by atoms with Crippen molar-refractivity contribution in [1.82, 2.24) is 15.5 Å². The minimum absolute atomic E-state index is 0.0526. The lowest BCUT2D eigenvalue weighted by Gasteiger charge is -2.04. The molecule has 1 aliphatic heterocycles. The smallest absolute Gasteiger partial charge is 0.244 e. The van der Waals surface area contributed by atoms with Gasteiger partial charge in [-0.05, 0) is 24.6 Å². The molecule has 1 aromatic carbocycles. The van der Waals surface area contributed by atoms with Crippen LogP contribution in [0.1, 0.15) is 18.4 Å². The summed E-state index contributed by atoms with van der Waals surface area (Å²) in [6.07, 6.45) is 0.878. The summed E-state index contributed by atoms with van der Waals surface area (Å²) in [5.74, 6) is -0.375. The molecule has 2 aromatic rings. The fourth-order valence-electron chi connectivity index (χ4n) is 2.21. The molecule has 0 aliphatic carbocycles. The number of halogens is 1. The molecule has 106 valence electrons. The molecule has 0 spiro atoms. The van der Waals surface area contributed by atoms with Crippen molar-refractivity contribution in [3.05, 3.63) is 29.9 Å². The molecule has 1 fully saturated rings. The summed E-state index contributed by atoms with van der Waals surface area (Å²) >= 11 is 0. The molecule has 2 heterocycles. The first-order valence-corrected chi connectivity index (χ1v) is 6.26. The van der Waals surface area contributed by atoms with Crippen LogP contribution in [0.15, 0.2) is 22.7 Å². The van der Waals surface area contributed by atoms with Gasteiger partial charge in [-0.2, -0.15) is 4.98 Å². The quantitative estimate of drug-likeness (QED) is 0.889. The number of benzene rings is 1. The Kier molecular flexibility index (Phi) is 3.37. The van der Waals surface area contributed by atoms with Crippen molar-refractivity contribution >= 4 is 0 Å². The second kappa shape index (κ2) is 5.18. The van der Waals surface area contributed by atoms with Crippen molar-refractivity contribution in [3.63, 3.8) is 0 Å². The normalized spacial score (nSPS) is 22.3. The number of aromatic hydroxyl groups is 1. The number of hydrogen-bond acceptors (Lipinski definition) is 6. The van der Waals surface area contributed by atoms with Gasteiger partial charge in [-0.1, -0.05) is 5.16 Å². The Morgan fingerprint density at radius 3 is 3.05 bits per heavy atom. The third kappa shape index (κ3) is 2.37. The van der Waals surface area contributed by atoms with E-state index in [2.05, 4.69) is 15.5 Å². The fourth-order valence-corrected chi connectivity index (χ4v) is 2.21. The molecule has 20 heavy (non-hydrogen) atoms. The lowest BCUT2D eigenvalue weighted by Crippen LogP contribution is -2.16. The van der Waals surface area contributed by atoms with Gasteiger partial charge in [0.25, 0.3) is 0 Å². The molecule has 0 saturated carbocycles. The number of rotatable bonds is 3. The van der Waals surface area contributed by atoms with Gasteiger partial charge >= 0.3 is 0 Å². The minimum Gasteiger partial charge on any atom is -0.505 e. The molecule has 1 aromatic heterocycles. The van der Waals surface area contributed by atoms with Crippen LogP contribution in [0.25, 0.3) is 11.4 Å². The maximum absolute atomic E-state index is 13.3. The minimum atomic E-state index is -0.715. The number of phenolic OH excluding ortho intramolecular Hbond substituents is 1. The zero-order valence-electron chi connectivity index (χ0n) is 10.8. The standard InChI is InChI=1S/C13H14FN3O3/c1-19-8-5-10(15-6-8)13-16-12(17-20-13)7-2-3-11(18)9(14)4-7/h2-4,8,10,15,18H,5-6H2,1H3. The Labute approximate surface area is 114 Å². The van der Waals surface area contributed by atoms with E-state index in [1.807, 2.05) is 0 Å². The summed E-state index contributed by atoms with van der Waals surface area (Å²) in [6, 6.07) is 3.91. The van der Waals surface area contributed by atoms with Gasteiger partial charge in [0.05, 0.1) is 12.1 Å². The number of phenols is 1. The summed E-state index contributed by atoms with van der Waals surface area (Å²) in [6.45, 7) is 0.729. The van der Waals surface area contributed by atoms with E-state index in [0.29, 0.717) is 17.3 Å². The molecule has 3 rings (SSSR count). The van der Waals surface area contributed by atoms with Gasteiger partial charge < -0.3 is 19.7 Å². The number of methoxy groups -OCH3 is 1.